The maximum Gasteiger partial charge on any atom is 0.237 e. The van der Waals surface area contributed by atoms with Gasteiger partial charge in [0.05, 0.1) is 5.54 Å². The molecule has 1 amide bonds. The molecule has 20 heavy (non-hydrogen) atoms. The predicted molar refractivity (Wildman–Crippen MR) is 84.6 cm³/mol. The van der Waals surface area contributed by atoms with E-state index < -0.39 is 5.54 Å². The molecule has 0 spiro atoms. The molecule has 1 saturated carbocycles. The second-order valence-corrected chi connectivity index (χ2v) is 6.31. The number of hydrogen-bond acceptors (Lipinski definition) is 3. The van der Waals surface area contributed by atoms with E-state index in [-0.39, 0.29) is 5.91 Å². The fraction of sp³-hybridized carbons (Fsp3) is 0.938. The lowest BCUT2D eigenvalue weighted by molar-refractivity contribution is -0.126. The minimum atomic E-state index is -0.474. The van der Waals surface area contributed by atoms with Crippen molar-refractivity contribution >= 4 is 5.91 Å². The largest absolute Gasteiger partial charge is 0.368 e. The lowest BCUT2D eigenvalue weighted by Crippen LogP contribution is -2.60. The van der Waals surface area contributed by atoms with E-state index in [2.05, 4.69) is 31.1 Å². The molecule has 4 nitrogen and oxygen atoms in total. The van der Waals surface area contributed by atoms with Crippen LogP contribution in [-0.4, -0.2) is 42.5 Å². The van der Waals surface area contributed by atoms with E-state index in [1.54, 1.807) is 0 Å². The van der Waals surface area contributed by atoms with Gasteiger partial charge in [-0.3, -0.25) is 4.79 Å². The van der Waals surface area contributed by atoms with Crippen LogP contribution in [0.3, 0.4) is 0 Å². The smallest absolute Gasteiger partial charge is 0.237 e. The van der Waals surface area contributed by atoms with E-state index in [1.165, 1.54) is 25.7 Å². The second-order valence-electron chi connectivity index (χ2n) is 6.31. The Labute approximate surface area is 124 Å². The SMILES string of the molecule is CCCCCN(C)C1CCCC(NCCC)(C(N)=O)C1. The van der Waals surface area contributed by atoms with E-state index in [4.69, 9.17) is 5.73 Å². The molecule has 1 fully saturated rings. The van der Waals surface area contributed by atoms with Crippen LogP contribution in [0.1, 0.15) is 65.2 Å². The van der Waals surface area contributed by atoms with Crippen LogP contribution in [0, 0.1) is 0 Å². The Morgan fingerprint density at radius 3 is 2.70 bits per heavy atom. The summed E-state index contributed by atoms with van der Waals surface area (Å²) < 4.78 is 0. The first-order chi connectivity index (χ1) is 9.55. The zero-order chi connectivity index (χ0) is 15.0. The Morgan fingerprint density at radius 2 is 2.10 bits per heavy atom. The van der Waals surface area contributed by atoms with Crippen molar-refractivity contribution in [2.45, 2.75) is 76.8 Å². The molecule has 4 heteroatoms. The van der Waals surface area contributed by atoms with Crippen molar-refractivity contribution in [2.24, 2.45) is 5.73 Å². The van der Waals surface area contributed by atoms with Crippen LogP contribution < -0.4 is 11.1 Å². The minimum Gasteiger partial charge on any atom is -0.368 e. The Bertz CT molecular complexity index is 295. The standard InChI is InChI=1S/C16H33N3O/c1-4-6-7-12-19(3)14-9-8-10-16(13-14,15(17)20)18-11-5-2/h14,18H,4-13H2,1-3H3,(H2,17,20). The lowest BCUT2D eigenvalue weighted by Gasteiger charge is -2.42. The summed E-state index contributed by atoms with van der Waals surface area (Å²) in [6.45, 7) is 6.35. The highest BCUT2D eigenvalue weighted by atomic mass is 16.1. The molecule has 0 aromatic heterocycles. The Balaban J connectivity index is 2.59. The van der Waals surface area contributed by atoms with E-state index in [9.17, 15) is 4.79 Å². The Hall–Kier alpha value is -0.610. The Kier molecular flexibility index (Phi) is 7.52. The van der Waals surface area contributed by atoms with Gasteiger partial charge in [-0.1, -0.05) is 26.7 Å². The van der Waals surface area contributed by atoms with Gasteiger partial charge < -0.3 is 16.0 Å². The van der Waals surface area contributed by atoms with Crippen LogP contribution in [0.5, 0.6) is 0 Å². The molecule has 0 radical (unpaired) electrons. The van der Waals surface area contributed by atoms with Gasteiger partial charge in [0.25, 0.3) is 0 Å². The van der Waals surface area contributed by atoms with Gasteiger partial charge in [-0.2, -0.15) is 0 Å². The molecule has 1 aliphatic carbocycles. The molecule has 0 aromatic rings. The molecule has 1 aliphatic rings. The van der Waals surface area contributed by atoms with E-state index in [0.29, 0.717) is 6.04 Å². The number of rotatable bonds is 9. The molecule has 1 rings (SSSR count). The van der Waals surface area contributed by atoms with Crippen LogP contribution in [0.4, 0.5) is 0 Å². The van der Waals surface area contributed by atoms with Gasteiger partial charge >= 0.3 is 0 Å². The lowest BCUT2D eigenvalue weighted by atomic mass is 9.77. The topological polar surface area (TPSA) is 58.4 Å². The number of amides is 1. The number of carbonyl (C=O) groups excluding carboxylic acids is 1. The van der Waals surface area contributed by atoms with Gasteiger partial charge in [0.2, 0.25) is 5.91 Å². The molecule has 2 atom stereocenters. The van der Waals surface area contributed by atoms with Crippen molar-refractivity contribution in [3.05, 3.63) is 0 Å². The van der Waals surface area contributed by atoms with Crippen LogP contribution in [-0.2, 0) is 4.79 Å². The van der Waals surface area contributed by atoms with E-state index in [0.717, 1.165) is 38.8 Å². The summed E-state index contributed by atoms with van der Waals surface area (Å²) in [4.78, 5) is 14.4. The Morgan fingerprint density at radius 1 is 1.35 bits per heavy atom. The minimum absolute atomic E-state index is 0.169. The number of nitrogens with one attached hydrogen (secondary N) is 1. The third-order valence-corrected chi connectivity index (χ3v) is 4.65. The monoisotopic (exact) mass is 283 g/mol. The fourth-order valence-electron chi connectivity index (χ4n) is 3.25. The average Bonchev–Trinajstić information content (AvgIpc) is 2.45. The van der Waals surface area contributed by atoms with Crippen molar-refractivity contribution in [2.75, 3.05) is 20.1 Å². The number of primary amides is 1. The summed E-state index contributed by atoms with van der Waals surface area (Å²) in [5.74, 6) is -0.169. The van der Waals surface area contributed by atoms with Gasteiger partial charge in [-0.15, -0.1) is 0 Å². The van der Waals surface area contributed by atoms with Gasteiger partial charge in [-0.05, 0) is 58.7 Å². The first-order valence-corrected chi connectivity index (χ1v) is 8.31. The van der Waals surface area contributed by atoms with Gasteiger partial charge in [-0.25, -0.2) is 0 Å². The summed E-state index contributed by atoms with van der Waals surface area (Å²) in [7, 11) is 2.19. The third kappa shape index (κ3) is 4.74. The quantitative estimate of drug-likeness (QED) is 0.638. The fourth-order valence-corrected chi connectivity index (χ4v) is 3.25. The van der Waals surface area contributed by atoms with Gasteiger partial charge in [0.1, 0.15) is 0 Å². The summed E-state index contributed by atoms with van der Waals surface area (Å²) in [6.07, 6.45) is 8.84. The number of nitrogens with zero attached hydrogens (tertiary/aromatic N) is 1. The summed E-state index contributed by atoms with van der Waals surface area (Å²) in [5.41, 5.74) is 5.23. The van der Waals surface area contributed by atoms with Crippen LogP contribution in [0.25, 0.3) is 0 Å². The van der Waals surface area contributed by atoms with E-state index in [1.807, 2.05) is 0 Å². The molecule has 0 heterocycles. The molecule has 0 saturated heterocycles. The highest BCUT2D eigenvalue weighted by Gasteiger charge is 2.41. The summed E-state index contributed by atoms with van der Waals surface area (Å²) in [6, 6.07) is 0.484. The first kappa shape index (κ1) is 17.4. The van der Waals surface area contributed by atoms with Crippen molar-refractivity contribution < 1.29 is 4.79 Å². The number of carbonyl (C=O) groups is 1. The van der Waals surface area contributed by atoms with Gasteiger partial charge in [0.15, 0.2) is 0 Å². The van der Waals surface area contributed by atoms with Crippen LogP contribution >= 0.6 is 0 Å². The van der Waals surface area contributed by atoms with E-state index >= 15 is 0 Å². The maximum absolute atomic E-state index is 12.0. The number of hydrogen-bond donors (Lipinski definition) is 2. The highest BCUT2D eigenvalue weighted by Crippen LogP contribution is 2.31. The zero-order valence-corrected chi connectivity index (χ0v) is 13.6. The molecule has 3 N–H and O–H groups in total. The first-order valence-electron chi connectivity index (χ1n) is 8.31. The summed E-state index contributed by atoms with van der Waals surface area (Å²) in [5, 5.41) is 3.44. The van der Waals surface area contributed by atoms with Crippen molar-refractivity contribution in [3.63, 3.8) is 0 Å². The van der Waals surface area contributed by atoms with Crippen LogP contribution in [0.2, 0.25) is 0 Å². The highest BCUT2D eigenvalue weighted by molar-refractivity contribution is 5.84. The van der Waals surface area contributed by atoms with Crippen molar-refractivity contribution in [3.8, 4) is 0 Å². The predicted octanol–water partition coefficient (Wildman–Crippen LogP) is 2.27. The maximum atomic E-state index is 12.0. The molecule has 2 unspecified atom stereocenters. The molecular weight excluding hydrogens is 250 g/mol. The molecule has 0 aromatic carbocycles. The van der Waals surface area contributed by atoms with Crippen molar-refractivity contribution in [1.82, 2.24) is 10.2 Å². The second kappa shape index (κ2) is 8.63. The van der Waals surface area contributed by atoms with Crippen LogP contribution in [0.15, 0.2) is 0 Å². The number of unbranched alkanes of at least 4 members (excludes halogenated alkanes) is 2. The third-order valence-electron chi connectivity index (χ3n) is 4.65. The zero-order valence-electron chi connectivity index (χ0n) is 13.6. The number of nitrogens with two attached hydrogens (primary N) is 1. The molecule has 0 aliphatic heterocycles. The van der Waals surface area contributed by atoms with Gasteiger partial charge in [0, 0.05) is 6.04 Å². The molecular formula is C16H33N3O. The normalized spacial score (nSPS) is 26.9. The average molecular weight is 283 g/mol. The van der Waals surface area contributed by atoms with Crippen molar-refractivity contribution in [1.29, 1.82) is 0 Å². The summed E-state index contributed by atoms with van der Waals surface area (Å²) >= 11 is 0. The molecule has 118 valence electrons. The molecule has 0 bridgehead atoms.